The number of benzene rings is 2. The van der Waals surface area contributed by atoms with E-state index in [0.29, 0.717) is 12.1 Å². The summed E-state index contributed by atoms with van der Waals surface area (Å²) in [5.74, 6) is -0.186. The first-order chi connectivity index (χ1) is 12.5. The predicted molar refractivity (Wildman–Crippen MR) is 97.8 cm³/mol. The van der Waals surface area contributed by atoms with E-state index in [1.165, 1.54) is 10.6 Å². The van der Waals surface area contributed by atoms with Crippen LogP contribution in [0.3, 0.4) is 0 Å². The molecular weight excluding hydrogens is 350 g/mol. The fraction of sp³-hybridized carbons (Fsp3) is 0.150. The lowest BCUT2D eigenvalue weighted by molar-refractivity contribution is 0.0938. The van der Waals surface area contributed by atoms with Gasteiger partial charge in [-0.2, -0.15) is 0 Å². The van der Waals surface area contributed by atoms with Crippen molar-refractivity contribution < 1.29 is 17.6 Å². The number of aryl methyl sites for hydroxylation is 1. The molecule has 0 amide bonds. The van der Waals surface area contributed by atoms with Gasteiger partial charge in [-0.1, -0.05) is 35.9 Å². The SMILES string of the molecule is Cc1ccc(S(=O)(=O)N2c3ccccc3C[C@@H]2C(=O)c2ccco2)cc1. The fourth-order valence-electron chi connectivity index (χ4n) is 3.26. The molecule has 0 radical (unpaired) electrons. The number of carbonyl (C=O) groups excluding carboxylic acids is 1. The van der Waals surface area contributed by atoms with Crippen molar-refractivity contribution in [2.45, 2.75) is 24.3 Å². The predicted octanol–water partition coefficient (Wildman–Crippen LogP) is 3.59. The summed E-state index contributed by atoms with van der Waals surface area (Å²) in [6.07, 6.45) is 1.73. The molecule has 5 nitrogen and oxygen atoms in total. The van der Waals surface area contributed by atoms with Gasteiger partial charge in [0.2, 0.25) is 5.78 Å². The number of nitrogens with zero attached hydrogens (tertiary/aromatic N) is 1. The van der Waals surface area contributed by atoms with Crippen LogP contribution >= 0.6 is 0 Å². The van der Waals surface area contributed by atoms with Crippen LogP contribution in [0.4, 0.5) is 5.69 Å². The molecule has 3 aromatic rings. The molecule has 0 fully saturated rings. The molecule has 1 aliphatic heterocycles. The van der Waals surface area contributed by atoms with Gasteiger partial charge in [0, 0.05) is 6.42 Å². The number of sulfonamides is 1. The number of anilines is 1. The summed E-state index contributed by atoms with van der Waals surface area (Å²) in [4.78, 5) is 13.1. The third-order valence-corrected chi connectivity index (χ3v) is 6.41. The zero-order chi connectivity index (χ0) is 18.3. The quantitative estimate of drug-likeness (QED) is 0.661. The minimum atomic E-state index is -3.88. The summed E-state index contributed by atoms with van der Waals surface area (Å²) in [6.45, 7) is 1.89. The van der Waals surface area contributed by atoms with E-state index in [2.05, 4.69) is 0 Å². The molecule has 0 saturated heterocycles. The first-order valence-electron chi connectivity index (χ1n) is 8.25. The van der Waals surface area contributed by atoms with Gasteiger partial charge in [-0.25, -0.2) is 8.42 Å². The Bertz CT molecular complexity index is 1050. The topological polar surface area (TPSA) is 67.6 Å². The van der Waals surface area contributed by atoms with Gasteiger partial charge in [0.05, 0.1) is 16.8 Å². The van der Waals surface area contributed by atoms with Crippen LogP contribution in [0.25, 0.3) is 0 Å². The molecule has 0 aliphatic carbocycles. The normalized spacial score (nSPS) is 16.5. The number of ketones is 1. The molecule has 1 aromatic heterocycles. The highest BCUT2D eigenvalue weighted by molar-refractivity contribution is 7.93. The molecule has 0 unspecified atom stereocenters. The van der Waals surface area contributed by atoms with E-state index in [-0.39, 0.29) is 16.4 Å². The average Bonchev–Trinajstić information content (AvgIpc) is 3.29. The maximum absolute atomic E-state index is 13.3. The van der Waals surface area contributed by atoms with Crippen LogP contribution < -0.4 is 4.31 Å². The minimum absolute atomic E-state index is 0.159. The highest BCUT2D eigenvalue weighted by Crippen LogP contribution is 2.38. The van der Waals surface area contributed by atoms with E-state index < -0.39 is 16.1 Å². The fourth-order valence-corrected chi connectivity index (χ4v) is 4.91. The van der Waals surface area contributed by atoms with Crippen molar-refractivity contribution in [3.05, 3.63) is 83.8 Å². The van der Waals surface area contributed by atoms with Gasteiger partial charge < -0.3 is 4.42 Å². The van der Waals surface area contributed by atoms with E-state index in [0.717, 1.165) is 11.1 Å². The number of fused-ring (bicyclic) bond motifs is 1. The smallest absolute Gasteiger partial charge is 0.265 e. The molecule has 2 heterocycles. The Balaban J connectivity index is 1.84. The van der Waals surface area contributed by atoms with Crippen molar-refractivity contribution in [3.63, 3.8) is 0 Å². The van der Waals surface area contributed by atoms with Crippen molar-refractivity contribution in [1.29, 1.82) is 0 Å². The summed E-state index contributed by atoms with van der Waals surface area (Å²) in [5, 5.41) is 0. The van der Waals surface area contributed by atoms with Crippen molar-refractivity contribution in [3.8, 4) is 0 Å². The second-order valence-corrected chi connectivity index (χ2v) is 8.12. The van der Waals surface area contributed by atoms with Crippen LogP contribution in [0.15, 0.2) is 76.2 Å². The molecule has 0 saturated carbocycles. The summed E-state index contributed by atoms with van der Waals surface area (Å²) < 4.78 is 33.1. The van der Waals surface area contributed by atoms with Gasteiger partial charge in [0.15, 0.2) is 5.76 Å². The van der Waals surface area contributed by atoms with Gasteiger partial charge in [-0.15, -0.1) is 0 Å². The van der Waals surface area contributed by atoms with Crippen molar-refractivity contribution in [2.24, 2.45) is 0 Å². The van der Waals surface area contributed by atoms with Gasteiger partial charge >= 0.3 is 0 Å². The zero-order valence-electron chi connectivity index (χ0n) is 14.1. The Morgan fingerprint density at radius 2 is 1.77 bits per heavy atom. The summed E-state index contributed by atoms with van der Waals surface area (Å²) in [7, 11) is -3.88. The number of carbonyl (C=O) groups is 1. The molecule has 2 aromatic carbocycles. The van der Waals surface area contributed by atoms with Crippen LogP contribution in [0, 0.1) is 6.92 Å². The van der Waals surface area contributed by atoms with Crippen LogP contribution in [0.5, 0.6) is 0 Å². The monoisotopic (exact) mass is 367 g/mol. The molecule has 132 valence electrons. The number of hydrogen-bond acceptors (Lipinski definition) is 4. The Morgan fingerprint density at radius 3 is 2.46 bits per heavy atom. The Morgan fingerprint density at radius 1 is 1.04 bits per heavy atom. The minimum Gasteiger partial charge on any atom is -0.461 e. The van der Waals surface area contributed by atoms with Crippen LogP contribution in [0.1, 0.15) is 21.7 Å². The molecule has 0 spiro atoms. The van der Waals surface area contributed by atoms with Crippen molar-refractivity contribution in [1.82, 2.24) is 0 Å². The van der Waals surface area contributed by atoms with E-state index in [9.17, 15) is 13.2 Å². The first kappa shape index (κ1) is 16.6. The highest BCUT2D eigenvalue weighted by Gasteiger charge is 2.43. The second kappa shape index (κ2) is 6.14. The van der Waals surface area contributed by atoms with Gasteiger partial charge in [0.1, 0.15) is 6.04 Å². The van der Waals surface area contributed by atoms with E-state index >= 15 is 0 Å². The molecule has 1 aliphatic rings. The number of hydrogen-bond donors (Lipinski definition) is 0. The Labute approximate surface area is 151 Å². The molecule has 0 bridgehead atoms. The van der Waals surface area contributed by atoms with Crippen molar-refractivity contribution in [2.75, 3.05) is 4.31 Å². The third kappa shape index (κ3) is 2.63. The zero-order valence-corrected chi connectivity index (χ0v) is 14.9. The van der Waals surface area contributed by atoms with E-state index in [4.69, 9.17) is 4.42 Å². The summed E-state index contributed by atoms with van der Waals surface area (Å²) in [6, 6.07) is 16.2. The first-order valence-corrected chi connectivity index (χ1v) is 9.69. The molecule has 4 rings (SSSR count). The summed E-state index contributed by atoms with van der Waals surface area (Å²) in [5.41, 5.74) is 2.33. The lowest BCUT2D eigenvalue weighted by Gasteiger charge is -2.25. The molecule has 6 heteroatoms. The highest BCUT2D eigenvalue weighted by atomic mass is 32.2. The van der Waals surface area contributed by atoms with Crippen LogP contribution in [-0.4, -0.2) is 20.2 Å². The standard InChI is InChI=1S/C20H17NO4S/c1-14-8-10-16(11-9-14)26(23,24)21-17-6-3-2-5-15(17)13-18(21)20(22)19-7-4-12-25-19/h2-12,18H,13H2,1H3/t18-/m1/s1. The van der Waals surface area contributed by atoms with E-state index in [1.54, 1.807) is 48.5 Å². The summed E-state index contributed by atoms with van der Waals surface area (Å²) >= 11 is 0. The van der Waals surface area contributed by atoms with Gasteiger partial charge in [-0.3, -0.25) is 9.10 Å². The maximum Gasteiger partial charge on any atom is 0.265 e. The molecule has 1 atom stereocenters. The van der Waals surface area contributed by atoms with Gasteiger partial charge in [0.25, 0.3) is 10.0 Å². The number of Topliss-reactive ketones (excluding diaryl/α,β-unsaturated/α-hetero) is 1. The average molecular weight is 367 g/mol. The molecule has 0 N–H and O–H groups in total. The Hall–Kier alpha value is -2.86. The lowest BCUT2D eigenvalue weighted by atomic mass is 10.1. The van der Waals surface area contributed by atoms with Crippen LogP contribution in [0.2, 0.25) is 0 Å². The molecular formula is C20H17NO4S. The van der Waals surface area contributed by atoms with Crippen LogP contribution in [-0.2, 0) is 16.4 Å². The Kier molecular flexibility index (Phi) is 3.92. The number of rotatable bonds is 4. The number of furan rings is 1. The largest absolute Gasteiger partial charge is 0.461 e. The third-order valence-electron chi connectivity index (χ3n) is 4.57. The number of para-hydroxylation sites is 1. The van der Waals surface area contributed by atoms with Gasteiger partial charge in [-0.05, 0) is 42.8 Å². The lowest BCUT2D eigenvalue weighted by Crippen LogP contribution is -2.42. The van der Waals surface area contributed by atoms with E-state index in [1.807, 2.05) is 19.1 Å². The second-order valence-electron chi connectivity index (χ2n) is 6.30. The van der Waals surface area contributed by atoms with Crippen molar-refractivity contribution >= 4 is 21.5 Å². The maximum atomic E-state index is 13.3. The molecule has 26 heavy (non-hydrogen) atoms.